The van der Waals surface area contributed by atoms with Gasteiger partial charge in [-0.2, -0.15) is 0 Å². The molecule has 0 aliphatic rings. The lowest BCUT2D eigenvalue weighted by Crippen LogP contribution is -2.18. The van der Waals surface area contributed by atoms with Crippen molar-refractivity contribution in [2.45, 2.75) is 19.9 Å². The first kappa shape index (κ1) is 12.8. The number of nitrogen functional groups attached to an aromatic ring is 1. The van der Waals surface area contributed by atoms with E-state index in [1.54, 1.807) is 17.7 Å². The zero-order valence-electron chi connectivity index (χ0n) is 10.6. The molecule has 0 amide bonds. The van der Waals surface area contributed by atoms with E-state index in [-0.39, 0.29) is 11.8 Å². The number of aryl methyl sites for hydroxylation is 1. The Morgan fingerprint density at radius 3 is 2.78 bits per heavy atom. The second kappa shape index (κ2) is 4.24. The van der Waals surface area contributed by atoms with Crippen molar-refractivity contribution in [1.29, 1.82) is 0 Å². The molecule has 6 nitrogen and oxygen atoms in total. The number of nitrogens with two attached hydrogens (primary N) is 1. The number of anilines is 1. The van der Waals surface area contributed by atoms with Crippen molar-refractivity contribution in [3.63, 3.8) is 0 Å². The summed E-state index contributed by atoms with van der Waals surface area (Å²) in [4.78, 5) is 8.49. The van der Waals surface area contributed by atoms with E-state index in [0.29, 0.717) is 17.1 Å². The Labute approximate surface area is 106 Å². The van der Waals surface area contributed by atoms with Crippen LogP contribution >= 0.6 is 0 Å². The summed E-state index contributed by atoms with van der Waals surface area (Å²) in [6.07, 6.45) is 2.92. The normalized spacial score (nSPS) is 13.9. The molecule has 2 rings (SSSR count). The number of imidazole rings is 1. The Morgan fingerprint density at radius 1 is 1.50 bits per heavy atom. The van der Waals surface area contributed by atoms with Crippen LogP contribution in [0.2, 0.25) is 0 Å². The van der Waals surface area contributed by atoms with Crippen LogP contribution < -0.4 is 5.73 Å². The predicted octanol–water partition coefficient (Wildman–Crippen LogP) is 0.928. The fourth-order valence-corrected chi connectivity index (χ4v) is 3.07. The molecule has 18 heavy (non-hydrogen) atoms. The number of rotatable bonds is 3. The van der Waals surface area contributed by atoms with Crippen LogP contribution in [0.4, 0.5) is 5.95 Å². The Hall–Kier alpha value is -1.63. The average Bonchev–Trinajstić information content (AvgIpc) is 2.50. The largest absolute Gasteiger partial charge is 0.369 e. The van der Waals surface area contributed by atoms with E-state index in [1.807, 2.05) is 13.0 Å². The van der Waals surface area contributed by atoms with E-state index in [4.69, 9.17) is 5.73 Å². The molecule has 0 radical (unpaired) electrons. The maximum atomic E-state index is 11.3. The van der Waals surface area contributed by atoms with Gasteiger partial charge in [0.2, 0.25) is 5.95 Å². The highest BCUT2D eigenvalue weighted by molar-refractivity contribution is 7.90. The maximum absolute atomic E-state index is 11.3. The second-order valence-electron chi connectivity index (χ2n) is 4.64. The maximum Gasteiger partial charge on any atom is 0.202 e. The molecule has 98 valence electrons. The quantitative estimate of drug-likeness (QED) is 0.894. The molecule has 7 heteroatoms. The van der Waals surface area contributed by atoms with E-state index in [0.717, 1.165) is 5.56 Å². The van der Waals surface area contributed by atoms with Gasteiger partial charge in [-0.25, -0.2) is 18.4 Å². The third-order valence-electron chi connectivity index (χ3n) is 2.68. The van der Waals surface area contributed by atoms with Gasteiger partial charge in [-0.05, 0) is 25.5 Å². The van der Waals surface area contributed by atoms with Gasteiger partial charge in [-0.1, -0.05) is 0 Å². The lowest BCUT2D eigenvalue weighted by Gasteiger charge is -2.14. The molecule has 0 saturated carbocycles. The van der Waals surface area contributed by atoms with Gasteiger partial charge in [-0.15, -0.1) is 0 Å². The predicted molar refractivity (Wildman–Crippen MR) is 71.1 cm³/mol. The highest BCUT2D eigenvalue weighted by Gasteiger charge is 2.18. The summed E-state index contributed by atoms with van der Waals surface area (Å²) in [5.41, 5.74) is 8.14. The van der Waals surface area contributed by atoms with Crippen LogP contribution in [0, 0.1) is 6.92 Å². The van der Waals surface area contributed by atoms with Crippen molar-refractivity contribution in [3.8, 4) is 0 Å². The van der Waals surface area contributed by atoms with Crippen molar-refractivity contribution in [1.82, 2.24) is 14.5 Å². The monoisotopic (exact) mass is 268 g/mol. The molecule has 2 heterocycles. The van der Waals surface area contributed by atoms with Gasteiger partial charge >= 0.3 is 0 Å². The number of fused-ring (bicyclic) bond motifs is 1. The Bertz CT molecular complexity index is 690. The van der Waals surface area contributed by atoms with Gasteiger partial charge in [0.1, 0.15) is 15.4 Å². The van der Waals surface area contributed by atoms with Crippen LogP contribution in [0.25, 0.3) is 11.2 Å². The van der Waals surface area contributed by atoms with Crippen LogP contribution in [-0.4, -0.2) is 35.0 Å². The number of pyridine rings is 1. The zero-order valence-corrected chi connectivity index (χ0v) is 11.4. The minimum atomic E-state index is -3.07. The summed E-state index contributed by atoms with van der Waals surface area (Å²) in [6, 6.07) is 1.59. The van der Waals surface area contributed by atoms with Gasteiger partial charge in [0.15, 0.2) is 5.65 Å². The second-order valence-corrected chi connectivity index (χ2v) is 6.82. The number of aromatic nitrogens is 3. The molecule has 1 atom stereocenters. The highest BCUT2D eigenvalue weighted by atomic mass is 32.2. The summed E-state index contributed by atoms with van der Waals surface area (Å²) in [7, 11) is -3.07. The molecule has 1 unspecified atom stereocenters. The number of hydrogen-bond donors (Lipinski definition) is 1. The molecule has 2 aromatic rings. The first-order chi connectivity index (χ1) is 8.28. The standard InChI is InChI=1S/C11H16N4O2S/c1-7-4-9-10(13-5-7)15(11(12)14-9)8(2)6-18(3,16)17/h4-5,8H,6H2,1-3H3,(H2,12,14). The third-order valence-corrected chi connectivity index (χ3v) is 3.77. The van der Waals surface area contributed by atoms with E-state index >= 15 is 0 Å². The smallest absolute Gasteiger partial charge is 0.202 e. The number of sulfone groups is 1. The molecule has 0 spiro atoms. The summed E-state index contributed by atoms with van der Waals surface area (Å²) in [5, 5.41) is 0. The Morgan fingerprint density at radius 2 is 2.17 bits per heavy atom. The summed E-state index contributed by atoms with van der Waals surface area (Å²) < 4.78 is 24.3. The van der Waals surface area contributed by atoms with Crippen LogP contribution in [0.5, 0.6) is 0 Å². The SMILES string of the molecule is Cc1cnc2c(c1)nc(N)n2C(C)CS(C)(=O)=O. The van der Waals surface area contributed by atoms with E-state index < -0.39 is 9.84 Å². The third kappa shape index (κ3) is 2.45. The molecule has 0 bridgehead atoms. The van der Waals surface area contributed by atoms with Crippen LogP contribution in [-0.2, 0) is 9.84 Å². The molecule has 0 saturated heterocycles. The van der Waals surface area contributed by atoms with Crippen LogP contribution in [0.3, 0.4) is 0 Å². The van der Waals surface area contributed by atoms with Gasteiger partial charge in [0.25, 0.3) is 0 Å². The minimum absolute atomic E-state index is 0.0121. The van der Waals surface area contributed by atoms with Crippen LogP contribution in [0.1, 0.15) is 18.5 Å². The van der Waals surface area contributed by atoms with Crippen molar-refractivity contribution < 1.29 is 8.42 Å². The lowest BCUT2D eigenvalue weighted by atomic mass is 10.3. The molecule has 2 aromatic heterocycles. The molecular weight excluding hydrogens is 252 g/mol. The van der Waals surface area contributed by atoms with E-state index in [9.17, 15) is 8.42 Å². The van der Waals surface area contributed by atoms with Crippen molar-refractivity contribution in [2.75, 3.05) is 17.7 Å². The summed E-state index contributed by atoms with van der Waals surface area (Å²) in [6.45, 7) is 3.71. The minimum Gasteiger partial charge on any atom is -0.369 e. The lowest BCUT2D eigenvalue weighted by molar-refractivity contribution is 0.570. The molecule has 0 aliphatic carbocycles. The summed E-state index contributed by atoms with van der Waals surface area (Å²) in [5.74, 6) is 0.303. The fraction of sp³-hybridized carbons (Fsp3) is 0.455. The average molecular weight is 268 g/mol. The van der Waals surface area contributed by atoms with Crippen molar-refractivity contribution in [3.05, 3.63) is 17.8 Å². The molecule has 0 aliphatic heterocycles. The van der Waals surface area contributed by atoms with E-state index in [1.165, 1.54) is 6.26 Å². The first-order valence-corrected chi connectivity index (χ1v) is 7.62. The molecule has 2 N–H and O–H groups in total. The van der Waals surface area contributed by atoms with E-state index in [2.05, 4.69) is 9.97 Å². The summed E-state index contributed by atoms with van der Waals surface area (Å²) >= 11 is 0. The van der Waals surface area contributed by atoms with Gasteiger partial charge in [0, 0.05) is 18.5 Å². The van der Waals surface area contributed by atoms with Gasteiger partial charge < -0.3 is 5.73 Å². The Kier molecular flexibility index (Phi) is 3.02. The first-order valence-electron chi connectivity index (χ1n) is 5.55. The van der Waals surface area contributed by atoms with Crippen molar-refractivity contribution in [2.24, 2.45) is 0 Å². The molecule has 0 aromatic carbocycles. The topological polar surface area (TPSA) is 90.9 Å². The number of nitrogens with zero attached hydrogens (tertiary/aromatic N) is 3. The van der Waals surface area contributed by atoms with Gasteiger partial charge in [0.05, 0.1) is 5.75 Å². The van der Waals surface area contributed by atoms with Crippen molar-refractivity contribution >= 4 is 26.9 Å². The Balaban J connectivity index is 2.53. The fourth-order valence-electron chi connectivity index (χ4n) is 2.05. The number of hydrogen-bond acceptors (Lipinski definition) is 5. The van der Waals surface area contributed by atoms with Gasteiger partial charge in [-0.3, -0.25) is 4.57 Å². The zero-order chi connectivity index (χ0) is 13.5. The highest BCUT2D eigenvalue weighted by Crippen LogP contribution is 2.22. The van der Waals surface area contributed by atoms with Crippen LogP contribution in [0.15, 0.2) is 12.3 Å². The molecular formula is C11H16N4O2S. The molecule has 0 fully saturated rings.